The van der Waals surface area contributed by atoms with E-state index in [0.29, 0.717) is 26.2 Å². The summed E-state index contributed by atoms with van der Waals surface area (Å²) in [6.45, 7) is 4.00. The number of piperazine rings is 1. The molecule has 1 aromatic heterocycles. The van der Waals surface area contributed by atoms with Crippen LogP contribution in [0.3, 0.4) is 0 Å². The van der Waals surface area contributed by atoms with E-state index in [1.807, 2.05) is 36.4 Å². The quantitative estimate of drug-likeness (QED) is 0.236. The summed E-state index contributed by atoms with van der Waals surface area (Å²) in [5, 5.41) is 12.1. The van der Waals surface area contributed by atoms with E-state index in [4.69, 9.17) is 5.11 Å². The fraction of sp³-hybridized carbons (Fsp3) is 0.233. The summed E-state index contributed by atoms with van der Waals surface area (Å²) >= 11 is -0.493. The minimum absolute atomic E-state index is 0.204. The van der Waals surface area contributed by atoms with Crippen molar-refractivity contribution in [3.63, 3.8) is 0 Å². The van der Waals surface area contributed by atoms with Crippen LogP contribution in [-0.4, -0.2) is 61.5 Å². The molecule has 0 saturated carbocycles. The fourth-order valence-corrected chi connectivity index (χ4v) is 6.59. The lowest BCUT2D eigenvalue weighted by Crippen LogP contribution is -2.57. The summed E-state index contributed by atoms with van der Waals surface area (Å²) in [6, 6.07) is 26.5. The van der Waals surface area contributed by atoms with Crippen LogP contribution < -0.4 is 4.90 Å². The standard InChI is InChI=1S/C30H29N3O4S2/c1-22(19-30(34)35)33(39(36)37)32-17-15-31(16-18-32)27-13-11-23(12-14-27)9-10-24-5-4-7-25(20-24)29-21-26-6-2-3-8-28(26)38-29/h2-8,11-14,20-22H,15-19H2,1H3,(H,34,35)(H,36,37). The third-order valence-electron chi connectivity index (χ3n) is 6.70. The Morgan fingerprint density at radius 1 is 0.974 bits per heavy atom. The first-order chi connectivity index (χ1) is 18.9. The van der Waals surface area contributed by atoms with E-state index in [0.717, 1.165) is 16.8 Å². The van der Waals surface area contributed by atoms with Crippen LogP contribution >= 0.6 is 11.3 Å². The summed E-state index contributed by atoms with van der Waals surface area (Å²) in [5.41, 5.74) is 4.11. The van der Waals surface area contributed by atoms with Gasteiger partial charge in [0.2, 0.25) is 11.3 Å². The van der Waals surface area contributed by atoms with Crippen molar-refractivity contribution >= 4 is 44.3 Å². The van der Waals surface area contributed by atoms with E-state index >= 15 is 0 Å². The van der Waals surface area contributed by atoms with Crippen molar-refractivity contribution in [1.29, 1.82) is 0 Å². The maximum Gasteiger partial charge on any atom is 0.305 e. The normalized spacial score (nSPS) is 15.6. The first-order valence-electron chi connectivity index (χ1n) is 12.7. The zero-order valence-electron chi connectivity index (χ0n) is 21.5. The molecule has 1 fully saturated rings. The highest BCUT2D eigenvalue weighted by Gasteiger charge is 2.30. The first kappa shape index (κ1) is 27.1. The van der Waals surface area contributed by atoms with Crippen molar-refractivity contribution in [1.82, 2.24) is 9.42 Å². The maximum atomic E-state index is 11.9. The molecule has 2 unspecified atom stereocenters. The number of carboxylic acids is 1. The van der Waals surface area contributed by atoms with E-state index in [9.17, 15) is 13.6 Å². The Balaban J connectivity index is 1.22. The molecule has 3 aromatic carbocycles. The monoisotopic (exact) mass is 559 g/mol. The molecular formula is C30H29N3O4S2. The number of hydrogen-bond donors (Lipinski definition) is 2. The van der Waals surface area contributed by atoms with Gasteiger partial charge >= 0.3 is 5.97 Å². The van der Waals surface area contributed by atoms with Crippen LogP contribution in [0.5, 0.6) is 0 Å². The van der Waals surface area contributed by atoms with Gasteiger partial charge in [0.1, 0.15) is 0 Å². The summed E-state index contributed by atoms with van der Waals surface area (Å²) in [4.78, 5) is 14.5. The minimum atomic E-state index is -2.28. The summed E-state index contributed by atoms with van der Waals surface area (Å²) in [5.74, 6) is 5.56. The Morgan fingerprint density at radius 2 is 1.69 bits per heavy atom. The number of aliphatic carboxylic acids is 1. The highest BCUT2D eigenvalue weighted by atomic mass is 32.2. The van der Waals surface area contributed by atoms with Gasteiger partial charge in [0, 0.05) is 58.6 Å². The molecule has 2 heterocycles. The summed E-state index contributed by atoms with van der Waals surface area (Å²) in [7, 11) is 0. The SMILES string of the molecule is CC(CC(=O)O)N(N1CCN(c2ccc(C#Cc3cccc(-c4cc5ccccc5s4)c3)cc2)CC1)S(=O)O. The first-order valence-corrected chi connectivity index (χ1v) is 14.6. The number of benzene rings is 3. The van der Waals surface area contributed by atoms with Crippen molar-refractivity contribution in [2.45, 2.75) is 19.4 Å². The highest BCUT2D eigenvalue weighted by molar-refractivity contribution is 7.76. The average molecular weight is 560 g/mol. The van der Waals surface area contributed by atoms with Crippen LogP contribution in [0, 0.1) is 11.8 Å². The summed E-state index contributed by atoms with van der Waals surface area (Å²) in [6.07, 6.45) is -0.204. The van der Waals surface area contributed by atoms with Crippen LogP contribution in [0.25, 0.3) is 20.5 Å². The van der Waals surface area contributed by atoms with E-state index in [-0.39, 0.29) is 6.42 Å². The lowest BCUT2D eigenvalue weighted by Gasteiger charge is -2.41. The van der Waals surface area contributed by atoms with E-state index < -0.39 is 23.3 Å². The fourth-order valence-electron chi connectivity index (χ4n) is 4.79. The molecular weight excluding hydrogens is 530 g/mol. The predicted octanol–water partition coefficient (Wildman–Crippen LogP) is 5.31. The van der Waals surface area contributed by atoms with Gasteiger partial charge in [0.25, 0.3) is 0 Å². The number of carboxylic acid groups (broad SMARTS) is 1. The zero-order chi connectivity index (χ0) is 27.4. The number of rotatable bonds is 7. The number of carbonyl (C=O) groups is 1. The number of fused-ring (bicyclic) bond motifs is 1. The molecule has 1 saturated heterocycles. The van der Waals surface area contributed by atoms with Crippen molar-refractivity contribution in [2.75, 3.05) is 31.1 Å². The van der Waals surface area contributed by atoms with Crippen molar-refractivity contribution in [2.24, 2.45) is 0 Å². The molecule has 0 radical (unpaired) electrons. The molecule has 1 aliphatic heterocycles. The van der Waals surface area contributed by atoms with Crippen LogP contribution in [0.4, 0.5) is 5.69 Å². The lowest BCUT2D eigenvalue weighted by molar-refractivity contribution is -0.139. The number of nitrogens with zero attached hydrogens (tertiary/aromatic N) is 3. The van der Waals surface area contributed by atoms with Gasteiger partial charge in [-0.1, -0.05) is 42.2 Å². The van der Waals surface area contributed by atoms with Gasteiger partial charge < -0.3 is 10.0 Å². The molecule has 0 spiro atoms. The van der Waals surface area contributed by atoms with Gasteiger partial charge in [-0.15, -0.1) is 15.8 Å². The van der Waals surface area contributed by atoms with Crippen LogP contribution in [0.2, 0.25) is 0 Å². The van der Waals surface area contributed by atoms with Crippen molar-refractivity contribution < 1.29 is 18.7 Å². The molecule has 2 N–H and O–H groups in total. The topological polar surface area (TPSA) is 84.3 Å². The van der Waals surface area contributed by atoms with Gasteiger partial charge in [-0.05, 0) is 66.4 Å². The second kappa shape index (κ2) is 12.1. The zero-order valence-corrected chi connectivity index (χ0v) is 23.1. The smallest absolute Gasteiger partial charge is 0.305 e. The molecule has 39 heavy (non-hydrogen) atoms. The summed E-state index contributed by atoms with van der Waals surface area (Å²) < 4.78 is 24.2. The Bertz CT molecular complexity index is 1520. The second-order valence-corrected chi connectivity index (χ2v) is 11.4. The highest BCUT2D eigenvalue weighted by Crippen LogP contribution is 2.33. The van der Waals surface area contributed by atoms with E-state index in [2.05, 4.69) is 59.2 Å². The third-order valence-corrected chi connectivity index (χ3v) is 8.77. The molecule has 0 aliphatic carbocycles. The third kappa shape index (κ3) is 6.56. The number of anilines is 1. The van der Waals surface area contributed by atoms with Crippen molar-refractivity contribution in [3.05, 3.63) is 90.0 Å². The largest absolute Gasteiger partial charge is 0.481 e. The minimum Gasteiger partial charge on any atom is -0.481 e. The number of thiophene rings is 1. The lowest BCUT2D eigenvalue weighted by atomic mass is 10.1. The second-order valence-electron chi connectivity index (χ2n) is 9.45. The molecule has 0 bridgehead atoms. The molecule has 5 rings (SSSR count). The number of hydrogen-bond acceptors (Lipinski definition) is 5. The molecule has 1 aliphatic rings. The van der Waals surface area contributed by atoms with Gasteiger partial charge in [-0.3, -0.25) is 9.35 Å². The molecule has 7 nitrogen and oxygen atoms in total. The molecule has 200 valence electrons. The van der Waals surface area contributed by atoms with Crippen LogP contribution in [0.15, 0.2) is 78.9 Å². The maximum absolute atomic E-state index is 11.9. The van der Waals surface area contributed by atoms with E-state index in [1.54, 1.807) is 23.3 Å². The molecule has 0 amide bonds. The van der Waals surface area contributed by atoms with Crippen LogP contribution in [-0.2, 0) is 16.1 Å². The van der Waals surface area contributed by atoms with E-state index in [1.165, 1.54) is 24.9 Å². The Kier molecular flexibility index (Phi) is 8.41. The Hall–Kier alpha value is -3.52. The van der Waals surface area contributed by atoms with Crippen molar-refractivity contribution in [3.8, 4) is 22.3 Å². The molecule has 4 aromatic rings. The predicted molar refractivity (Wildman–Crippen MR) is 158 cm³/mol. The van der Waals surface area contributed by atoms with Crippen LogP contribution in [0.1, 0.15) is 24.5 Å². The van der Waals surface area contributed by atoms with Gasteiger partial charge in [0.15, 0.2) is 0 Å². The Labute approximate surface area is 234 Å². The van der Waals surface area contributed by atoms with Gasteiger partial charge in [-0.25, -0.2) is 9.22 Å². The molecule has 2 atom stereocenters. The average Bonchev–Trinajstić information content (AvgIpc) is 3.37. The van der Waals surface area contributed by atoms with Gasteiger partial charge in [-0.2, -0.15) is 0 Å². The van der Waals surface area contributed by atoms with Gasteiger partial charge in [0.05, 0.1) is 6.42 Å². The number of hydrazine groups is 1. The molecule has 9 heteroatoms. The Morgan fingerprint density at radius 3 is 2.38 bits per heavy atom.